The number of hydrogen-bond acceptors (Lipinski definition) is 1. The van der Waals surface area contributed by atoms with E-state index in [1.54, 1.807) is 0 Å². The van der Waals surface area contributed by atoms with Crippen molar-refractivity contribution in [1.29, 1.82) is 0 Å². The molecule has 0 bridgehead atoms. The molecule has 0 aromatic heterocycles. The van der Waals surface area contributed by atoms with Crippen LogP contribution in [0.15, 0.2) is 0 Å². The predicted octanol–water partition coefficient (Wildman–Crippen LogP) is 5.32. The minimum atomic E-state index is -2.04. The zero-order valence-corrected chi connectivity index (χ0v) is 19.4. The Kier molecular flexibility index (Phi) is 8.04. The molecule has 0 spiro atoms. The second kappa shape index (κ2) is 7.37. The zero-order valence-electron chi connectivity index (χ0n) is 13.7. The molecule has 0 amide bonds. The van der Waals surface area contributed by atoms with E-state index in [0.29, 0.717) is 0 Å². The van der Waals surface area contributed by atoms with Crippen LogP contribution in [0.5, 0.6) is 0 Å². The molecule has 2 unspecified atom stereocenters. The van der Waals surface area contributed by atoms with Gasteiger partial charge >= 0.3 is 120 Å². The van der Waals surface area contributed by atoms with Gasteiger partial charge in [0, 0.05) is 0 Å². The van der Waals surface area contributed by atoms with Crippen molar-refractivity contribution in [3.63, 3.8) is 0 Å². The van der Waals surface area contributed by atoms with Gasteiger partial charge in [0.25, 0.3) is 0 Å². The van der Waals surface area contributed by atoms with Gasteiger partial charge in [-0.05, 0) is 0 Å². The van der Waals surface area contributed by atoms with Gasteiger partial charge in [0.1, 0.15) is 0 Å². The fraction of sp³-hybridized carbons (Fsp3) is 1.00. The molecular formula is C14H35NSn2. The van der Waals surface area contributed by atoms with E-state index >= 15 is 0 Å². The summed E-state index contributed by atoms with van der Waals surface area (Å²) in [5, 5.41) is 0. The normalized spacial score (nSPS) is 17.3. The summed E-state index contributed by atoms with van der Waals surface area (Å²) in [5.41, 5.74) is 0. The fourth-order valence-electron chi connectivity index (χ4n) is 3.09. The summed E-state index contributed by atoms with van der Waals surface area (Å²) < 4.78 is 5.11. The summed E-state index contributed by atoms with van der Waals surface area (Å²) in [5.74, 6) is 0. The molecule has 0 aliphatic heterocycles. The van der Waals surface area contributed by atoms with Crippen molar-refractivity contribution in [2.45, 2.75) is 75.1 Å². The maximum atomic E-state index is 3.13. The molecule has 0 aliphatic rings. The second-order valence-corrected chi connectivity index (χ2v) is 37.9. The summed E-state index contributed by atoms with van der Waals surface area (Å²) in [6.07, 6.45) is 2.75. The SMILES string of the molecule is CC[CH](C)[Sn]([CH3])([CH3])[N](CC)[Sn]([CH3])([CH3])[CH](C)CC. The van der Waals surface area contributed by atoms with E-state index < -0.39 is 37.3 Å². The van der Waals surface area contributed by atoms with Gasteiger partial charge in [0.15, 0.2) is 0 Å². The van der Waals surface area contributed by atoms with Crippen LogP contribution < -0.4 is 0 Å². The molecule has 0 radical (unpaired) electrons. The monoisotopic (exact) mass is 457 g/mol. The van der Waals surface area contributed by atoms with Crippen molar-refractivity contribution >= 4 is 37.3 Å². The fourth-order valence-corrected chi connectivity index (χ4v) is 57.6. The Morgan fingerprint density at radius 1 is 0.765 bits per heavy atom. The summed E-state index contributed by atoms with van der Waals surface area (Å²) in [6, 6.07) is 0. The Hall–Kier alpha value is 1.56. The molecular weight excluding hydrogens is 420 g/mol. The molecule has 0 N–H and O–H groups in total. The summed E-state index contributed by atoms with van der Waals surface area (Å²) >= 11 is -4.08. The molecule has 17 heavy (non-hydrogen) atoms. The third-order valence-corrected chi connectivity index (χ3v) is 53.3. The van der Waals surface area contributed by atoms with Crippen LogP contribution in [0, 0.1) is 0 Å². The van der Waals surface area contributed by atoms with E-state index in [4.69, 9.17) is 0 Å². The van der Waals surface area contributed by atoms with E-state index in [1.165, 1.54) is 19.4 Å². The van der Waals surface area contributed by atoms with Gasteiger partial charge in [-0.1, -0.05) is 0 Å². The average Bonchev–Trinajstić information content (AvgIpc) is 2.26. The number of hydrogen-bond donors (Lipinski definition) is 0. The molecule has 0 fully saturated rings. The maximum absolute atomic E-state index is 3.13. The molecule has 0 heterocycles. The first-order valence-electron chi connectivity index (χ1n) is 7.43. The standard InChI is InChI=1S/2C4H9.C2H5N.4CH3.2Sn/c2*1-3-4-2;1-2-3;;;;;;/h2*3H,4H2,1-2H3;2H2,1H3;4*1H3;;. The number of rotatable bonds is 7. The Morgan fingerprint density at radius 3 is 1.24 bits per heavy atom. The average molecular weight is 455 g/mol. The van der Waals surface area contributed by atoms with E-state index in [0.717, 1.165) is 7.87 Å². The van der Waals surface area contributed by atoms with Crippen molar-refractivity contribution in [1.82, 2.24) is 1.34 Å². The van der Waals surface area contributed by atoms with Gasteiger partial charge in [0.05, 0.1) is 0 Å². The van der Waals surface area contributed by atoms with Crippen LogP contribution in [0.3, 0.4) is 0 Å². The Labute approximate surface area is 119 Å². The molecule has 0 rings (SSSR count). The summed E-state index contributed by atoms with van der Waals surface area (Å²) in [4.78, 5) is 10.7. The first kappa shape index (κ1) is 18.6. The van der Waals surface area contributed by atoms with Crippen LogP contribution in [0.1, 0.15) is 47.5 Å². The zero-order chi connectivity index (χ0) is 13.9. The molecule has 0 aliphatic carbocycles. The number of nitrogens with zero attached hydrogens (tertiary/aromatic N) is 1. The van der Waals surface area contributed by atoms with Crippen molar-refractivity contribution in [3.05, 3.63) is 0 Å². The van der Waals surface area contributed by atoms with Gasteiger partial charge in [-0.15, -0.1) is 0 Å². The molecule has 1 nitrogen and oxygen atoms in total. The topological polar surface area (TPSA) is 3.24 Å². The molecule has 104 valence electrons. The van der Waals surface area contributed by atoms with Crippen LogP contribution >= 0.6 is 0 Å². The molecule has 2 atom stereocenters. The van der Waals surface area contributed by atoms with Crippen LogP contribution in [0.25, 0.3) is 0 Å². The molecule has 0 saturated carbocycles. The van der Waals surface area contributed by atoms with E-state index in [-0.39, 0.29) is 0 Å². The first-order chi connectivity index (χ1) is 7.66. The molecule has 0 aromatic carbocycles. The summed E-state index contributed by atoms with van der Waals surface area (Å²) in [7, 11) is 0. The quantitative estimate of drug-likeness (QED) is 0.471. The van der Waals surface area contributed by atoms with Gasteiger partial charge in [-0.2, -0.15) is 0 Å². The van der Waals surface area contributed by atoms with Gasteiger partial charge < -0.3 is 0 Å². The molecule has 3 heteroatoms. The van der Waals surface area contributed by atoms with Crippen LogP contribution in [-0.2, 0) is 0 Å². The second-order valence-electron chi connectivity index (χ2n) is 6.67. The van der Waals surface area contributed by atoms with Crippen molar-refractivity contribution < 1.29 is 0 Å². The van der Waals surface area contributed by atoms with E-state index in [2.05, 4.69) is 55.7 Å². The van der Waals surface area contributed by atoms with Gasteiger partial charge in [0.2, 0.25) is 0 Å². The van der Waals surface area contributed by atoms with Crippen LogP contribution in [0.2, 0.25) is 27.6 Å². The predicted molar refractivity (Wildman–Crippen MR) is 86.8 cm³/mol. The van der Waals surface area contributed by atoms with Crippen LogP contribution in [0.4, 0.5) is 0 Å². The third kappa shape index (κ3) is 4.27. The summed E-state index contributed by atoms with van der Waals surface area (Å²) in [6.45, 7) is 13.5. The van der Waals surface area contributed by atoms with Crippen molar-refractivity contribution in [2.75, 3.05) is 6.54 Å². The molecule has 0 saturated heterocycles. The Balaban J connectivity index is 5.19. The van der Waals surface area contributed by atoms with Crippen molar-refractivity contribution in [2.24, 2.45) is 0 Å². The first-order valence-corrected chi connectivity index (χ1v) is 24.7. The van der Waals surface area contributed by atoms with E-state index in [9.17, 15) is 0 Å². The van der Waals surface area contributed by atoms with E-state index in [1.807, 2.05) is 0 Å². The van der Waals surface area contributed by atoms with Gasteiger partial charge in [-0.3, -0.25) is 0 Å². The Bertz CT molecular complexity index is 204. The van der Waals surface area contributed by atoms with Crippen LogP contribution in [-0.4, -0.2) is 45.2 Å². The Morgan fingerprint density at radius 2 is 1.06 bits per heavy atom. The third-order valence-electron chi connectivity index (χ3n) is 5.34. The van der Waals surface area contributed by atoms with Gasteiger partial charge in [-0.25, -0.2) is 0 Å². The minimum absolute atomic E-state index is 0.990. The molecule has 0 aromatic rings. The van der Waals surface area contributed by atoms with Crippen molar-refractivity contribution in [3.8, 4) is 0 Å².